The summed E-state index contributed by atoms with van der Waals surface area (Å²) in [6.45, 7) is 8.04. The Labute approximate surface area is 455 Å². The van der Waals surface area contributed by atoms with Crippen LogP contribution in [0, 0.1) is 45.9 Å². The van der Waals surface area contributed by atoms with Gasteiger partial charge in [-0.05, 0) is 74.5 Å². The molecule has 0 fully saturated rings. The minimum absolute atomic E-state index is 0. The summed E-state index contributed by atoms with van der Waals surface area (Å²) in [5.74, 6) is 1.29. The van der Waals surface area contributed by atoms with Crippen LogP contribution in [0.15, 0.2) is 176 Å². The van der Waals surface area contributed by atoms with Crippen LogP contribution in [0.5, 0.6) is 0 Å². The minimum Gasteiger partial charge on any atom is -0.400 e. The molecule has 74 heavy (non-hydrogen) atoms. The van der Waals surface area contributed by atoms with Gasteiger partial charge in [0.05, 0.1) is 16.9 Å². The number of hydrogen-bond acceptors (Lipinski definition) is 12. The van der Waals surface area contributed by atoms with Gasteiger partial charge in [-0.25, -0.2) is 4.98 Å². The second-order valence-electron chi connectivity index (χ2n) is 14.6. The molecule has 0 atom stereocenters. The van der Waals surface area contributed by atoms with Crippen molar-refractivity contribution in [2.75, 3.05) is 14.2 Å². The third kappa shape index (κ3) is 19.8. The van der Waals surface area contributed by atoms with E-state index >= 15 is 0 Å². The normalized spacial score (nSPS) is 10.1. The van der Waals surface area contributed by atoms with E-state index in [9.17, 15) is 13.2 Å². The van der Waals surface area contributed by atoms with Gasteiger partial charge in [-0.3, -0.25) is 9.54 Å². The van der Waals surface area contributed by atoms with E-state index in [4.69, 9.17) is 23.2 Å². The van der Waals surface area contributed by atoms with Crippen molar-refractivity contribution in [3.63, 3.8) is 0 Å². The fourth-order valence-corrected chi connectivity index (χ4v) is 6.05. The van der Waals surface area contributed by atoms with Gasteiger partial charge in [0, 0.05) is 71.4 Å². The van der Waals surface area contributed by atoms with Crippen LogP contribution < -0.4 is 0 Å². The number of hydrogen-bond donors (Lipinski definition) is 3. The summed E-state index contributed by atoms with van der Waals surface area (Å²) in [7, 11) is -3.84. The number of para-hydroxylation sites is 2. The van der Waals surface area contributed by atoms with Crippen molar-refractivity contribution in [2.45, 2.75) is 33.2 Å². The molecule has 6 aromatic carbocycles. The van der Waals surface area contributed by atoms with Gasteiger partial charge in [-0.15, -0.1) is 118 Å². The molecule has 0 spiro atoms. The van der Waals surface area contributed by atoms with Crippen LogP contribution in [-0.4, -0.2) is 83.2 Å². The number of aryl methyl sites for hydroxylation is 4. The maximum absolute atomic E-state index is 10.7. The topological polar surface area (TPSA) is 198 Å². The molecule has 0 bridgehead atoms. The largest absolute Gasteiger partial charge is 0.522 e. The minimum atomic E-state index is -5.84. The van der Waals surface area contributed by atoms with Crippen LogP contribution in [0.25, 0.3) is 67.4 Å². The van der Waals surface area contributed by atoms with Gasteiger partial charge in [-0.1, -0.05) is 78.9 Å². The Morgan fingerprint density at radius 3 is 1.18 bits per heavy atom. The van der Waals surface area contributed by atoms with Crippen molar-refractivity contribution in [3.8, 4) is 45.3 Å². The van der Waals surface area contributed by atoms with Gasteiger partial charge in [0.25, 0.3) is 0 Å². The molecular weight excluding hydrogens is 1330 g/mol. The summed E-state index contributed by atoms with van der Waals surface area (Å²) in [5.41, 5.74) is 8.17. The molecule has 13 nitrogen and oxygen atoms in total. The molecule has 10 aromatic rings. The van der Waals surface area contributed by atoms with Crippen molar-refractivity contribution in [2.24, 2.45) is 0 Å². The first-order valence-electron chi connectivity index (χ1n) is 21.6. The Morgan fingerprint density at radius 2 is 0.797 bits per heavy atom. The van der Waals surface area contributed by atoms with Crippen molar-refractivity contribution in [1.29, 1.82) is 0 Å². The van der Waals surface area contributed by atoms with Crippen LogP contribution in [-0.2, 0) is 50.3 Å². The predicted molar refractivity (Wildman–Crippen MR) is 274 cm³/mol. The van der Waals surface area contributed by atoms with Crippen molar-refractivity contribution in [1.82, 2.24) is 40.3 Å². The molecular formula is C55H50F3Ir2N8O5S-3. The molecule has 0 aliphatic rings. The Bertz CT molecular complexity index is 3120. The second kappa shape index (κ2) is 32.3. The number of aliphatic hydroxyl groups excluding tert-OH is 2. The van der Waals surface area contributed by atoms with E-state index in [1.54, 1.807) is 0 Å². The molecule has 0 unspecified atom stereocenters. The van der Waals surface area contributed by atoms with E-state index in [1.165, 1.54) is 0 Å². The Kier molecular flexibility index (Phi) is 27.6. The summed E-state index contributed by atoms with van der Waals surface area (Å²) in [6, 6.07) is 66.5. The molecule has 4 heterocycles. The Hall–Kier alpha value is -6.92. The monoisotopic (exact) mass is 1380 g/mol. The van der Waals surface area contributed by atoms with Crippen LogP contribution in [0.2, 0.25) is 0 Å². The fourth-order valence-electron chi connectivity index (χ4n) is 6.05. The maximum Gasteiger partial charge on any atom is 0.522 e. The molecule has 19 heteroatoms. The first-order valence-corrected chi connectivity index (χ1v) is 23.1. The van der Waals surface area contributed by atoms with Crippen LogP contribution in [0.4, 0.5) is 13.2 Å². The molecule has 0 saturated heterocycles. The Balaban J connectivity index is 0.000000315. The van der Waals surface area contributed by atoms with Gasteiger partial charge >= 0.3 is 15.6 Å². The summed E-state index contributed by atoms with van der Waals surface area (Å²) in [6.07, 6.45) is 0. The van der Waals surface area contributed by atoms with E-state index in [0.29, 0.717) is 11.6 Å². The number of halogens is 3. The molecule has 2 radical (unpaired) electrons. The zero-order chi connectivity index (χ0) is 52.5. The quantitative estimate of drug-likeness (QED) is 0.0855. The second-order valence-corrected chi connectivity index (χ2v) is 16.0. The summed E-state index contributed by atoms with van der Waals surface area (Å²) >= 11 is 0. The molecule has 10 rings (SSSR count). The SMILES string of the molecule is CO.CO.Cc1cccc(-c2[c-]cccc2)n1.Cc1cccc(-c2[c-]cccc2)n1.Cc1cccc2nnc(-c3[c-]cccc3)nc12.Cc1cccc2nnc(-c3ccccc3)nc12.O=S(=O)(O)C(F)(F)F.[Ir].[Ir]. The maximum atomic E-state index is 10.7. The summed E-state index contributed by atoms with van der Waals surface area (Å²) in [5, 5.41) is 30.7. The molecule has 0 amide bonds. The number of aliphatic hydroxyl groups is 2. The predicted octanol–water partition coefficient (Wildman–Crippen LogP) is 11.1. The molecule has 0 aliphatic heterocycles. The smallest absolute Gasteiger partial charge is 0.400 e. The van der Waals surface area contributed by atoms with Crippen molar-refractivity contribution in [3.05, 3.63) is 217 Å². The molecule has 3 N–H and O–H groups in total. The number of fused-ring (bicyclic) bond motifs is 2. The van der Waals surface area contributed by atoms with E-state index in [1.807, 2.05) is 204 Å². The van der Waals surface area contributed by atoms with Gasteiger partial charge in [-0.2, -0.15) is 31.8 Å². The third-order valence-electron chi connectivity index (χ3n) is 9.39. The first-order chi connectivity index (χ1) is 34.7. The zero-order valence-electron chi connectivity index (χ0n) is 40.7. The van der Waals surface area contributed by atoms with Gasteiger partial charge in [0.15, 0.2) is 5.82 Å². The average Bonchev–Trinajstić information content (AvgIpc) is 3.41. The number of aromatic nitrogens is 8. The van der Waals surface area contributed by atoms with Crippen LogP contribution in [0.3, 0.4) is 0 Å². The zero-order valence-corrected chi connectivity index (χ0v) is 46.3. The van der Waals surface area contributed by atoms with Crippen molar-refractivity contribution < 1.29 is 76.6 Å². The number of pyridine rings is 2. The van der Waals surface area contributed by atoms with Crippen molar-refractivity contribution >= 4 is 32.2 Å². The van der Waals surface area contributed by atoms with E-state index in [2.05, 4.69) is 58.5 Å². The number of rotatable bonds is 4. The number of benzene rings is 6. The van der Waals surface area contributed by atoms with E-state index in [-0.39, 0.29) is 40.2 Å². The summed E-state index contributed by atoms with van der Waals surface area (Å²) in [4.78, 5) is 17.9. The third-order valence-corrected chi connectivity index (χ3v) is 9.98. The van der Waals surface area contributed by atoms with Gasteiger partial charge in [0.2, 0.25) is 0 Å². The summed E-state index contributed by atoms with van der Waals surface area (Å²) < 4.78 is 57.5. The van der Waals surface area contributed by atoms with Gasteiger partial charge in [0.1, 0.15) is 11.0 Å². The van der Waals surface area contributed by atoms with E-state index in [0.717, 1.165) is 92.4 Å². The molecule has 4 aromatic heterocycles. The standard InChI is InChI=1S/C14H11N3.C14H10N3.2C12H10N.CHF3O3S.2CH4O.2Ir/c2*1-10-6-5-9-12-13(10)15-14(17-16-12)11-7-3-2-4-8-11;2*1-10-6-5-9-12(13-10)11-7-3-2-4-8-11;2-1(3,4)8(5,6)7;2*1-2;;/h2-9H,1H3;2-7,9H,1H3;2*2-7,9H,1H3;(H,5,6,7);2*2H,1H3;;/q;3*-1;;;;;. The van der Waals surface area contributed by atoms with E-state index < -0.39 is 15.6 Å². The number of nitrogens with zero attached hydrogens (tertiary/aromatic N) is 8. The Morgan fingerprint density at radius 1 is 0.432 bits per heavy atom. The van der Waals surface area contributed by atoms with Crippen LogP contribution in [0.1, 0.15) is 22.5 Å². The first kappa shape index (κ1) is 63.2. The molecule has 0 aliphatic carbocycles. The molecule has 388 valence electrons. The number of alkyl halides is 3. The fraction of sp³-hybridized carbons (Fsp3) is 0.127. The van der Waals surface area contributed by atoms with Gasteiger partial charge < -0.3 is 20.2 Å². The average molecular weight is 1380 g/mol. The molecule has 0 saturated carbocycles. The van der Waals surface area contributed by atoms with Crippen LogP contribution >= 0.6 is 0 Å².